The second-order valence-corrected chi connectivity index (χ2v) is 5.16. The topological polar surface area (TPSA) is 35.5 Å². The third-order valence-corrected chi connectivity index (χ3v) is 2.25. The fourth-order valence-corrected chi connectivity index (χ4v) is 1.31. The van der Waals surface area contributed by atoms with Crippen molar-refractivity contribution in [1.29, 1.82) is 0 Å². The Balaban J connectivity index is 2.33. The zero-order chi connectivity index (χ0) is 12.9. The summed E-state index contributed by atoms with van der Waals surface area (Å²) in [5.74, 6) is -0.337. The quantitative estimate of drug-likeness (QED) is 0.510. The third kappa shape index (κ3) is 5.75. The van der Waals surface area contributed by atoms with E-state index in [0.717, 1.165) is 4.90 Å². The molecule has 1 rings (SSSR count). The number of ether oxygens (including phenoxy) is 2. The summed E-state index contributed by atoms with van der Waals surface area (Å²) in [6.07, 6.45) is 0. The molecule has 0 atom stereocenters. The summed E-state index contributed by atoms with van der Waals surface area (Å²) >= 11 is 4.15. The molecule has 3 nitrogen and oxygen atoms in total. The average Bonchev–Trinajstić information content (AvgIpc) is 2.24. The van der Waals surface area contributed by atoms with E-state index < -0.39 is 0 Å². The van der Waals surface area contributed by atoms with Gasteiger partial charge in [-0.25, -0.2) is 4.79 Å². The number of esters is 1. The molecule has 0 unspecified atom stereocenters. The highest BCUT2D eigenvalue weighted by Gasteiger charge is 2.11. The van der Waals surface area contributed by atoms with E-state index in [2.05, 4.69) is 12.6 Å². The molecule has 0 radical (unpaired) electrons. The van der Waals surface area contributed by atoms with Crippen LogP contribution in [-0.2, 0) is 9.47 Å². The van der Waals surface area contributed by atoms with Crippen molar-refractivity contribution in [3.63, 3.8) is 0 Å². The van der Waals surface area contributed by atoms with Crippen LogP contribution in [0.25, 0.3) is 0 Å². The van der Waals surface area contributed by atoms with Gasteiger partial charge in [0.2, 0.25) is 0 Å². The van der Waals surface area contributed by atoms with Crippen LogP contribution in [0.5, 0.6) is 0 Å². The highest BCUT2D eigenvalue weighted by molar-refractivity contribution is 7.80. The van der Waals surface area contributed by atoms with Crippen molar-refractivity contribution in [2.75, 3.05) is 13.2 Å². The van der Waals surface area contributed by atoms with Crippen molar-refractivity contribution < 1.29 is 14.3 Å². The Morgan fingerprint density at radius 2 is 1.76 bits per heavy atom. The van der Waals surface area contributed by atoms with Crippen LogP contribution in [0.2, 0.25) is 0 Å². The normalized spacial score (nSPS) is 11.3. The van der Waals surface area contributed by atoms with Crippen molar-refractivity contribution in [2.45, 2.75) is 31.3 Å². The van der Waals surface area contributed by atoms with E-state index in [4.69, 9.17) is 9.47 Å². The van der Waals surface area contributed by atoms with E-state index in [1.54, 1.807) is 24.3 Å². The number of hydrogen-bond acceptors (Lipinski definition) is 4. The summed E-state index contributed by atoms with van der Waals surface area (Å²) in [6.45, 7) is 6.54. The minimum absolute atomic E-state index is 0.208. The largest absolute Gasteiger partial charge is 0.460 e. The summed E-state index contributed by atoms with van der Waals surface area (Å²) in [4.78, 5) is 12.4. The maximum atomic E-state index is 11.6. The maximum absolute atomic E-state index is 11.6. The Bertz CT molecular complexity index is 365. The zero-order valence-electron chi connectivity index (χ0n) is 10.4. The van der Waals surface area contributed by atoms with Gasteiger partial charge in [0.1, 0.15) is 6.61 Å². The minimum atomic E-state index is -0.337. The molecule has 0 N–H and O–H groups in total. The molecular formula is C13H18O3S. The molecule has 17 heavy (non-hydrogen) atoms. The Kier molecular flexibility index (Phi) is 5.02. The predicted molar refractivity (Wildman–Crippen MR) is 69.7 cm³/mol. The Morgan fingerprint density at radius 3 is 2.29 bits per heavy atom. The Labute approximate surface area is 108 Å². The smallest absolute Gasteiger partial charge is 0.338 e. The molecule has 1 aromatic carbocycles. The van der Waals surface area contributed by atoms with Crippen LogP contribution in [0.4, 0.5) is 0 Å². The first-order valence-corrected chi connectivity index (χ1v) is 5.93. The second kappa shape index (κ2) is 6.07. The molecule has 4 heteroatoms. The van der Waals surface area contributed by atoms with Gasteiger partial charge in [-0.05, 0) is 45.0 Å². The number of benzene rings is 1. The van der Waals surface area contributed by atoms with Gasteiger partial charge in [0, 0.05) is 4.90 Å². The fourth-order valence-electron chi connectivity index (χ4n) is 1.16. The molecule has 0 aromatic heterocycles. The summed E-state index contributed by atoms with van der Waals surface area (Å²) in [6, 6.07) is 6.89. The van der Waals surface area contributed by atoms with E-state index in [9.17, 15) is 4.79 Å². The minimum Gasteiger partial charge on any atom is -0.460 e. The van der Waals surface area contributed by atoms with Gasteiger partial charge in [-0.2, -0.15) is 0 Å². The summed E-state index contributed by atoms with van der Waals surface area (Å²) in [7, 11) is 0. The van der Waals surface area contributed by atoms with Crippen LogP contribution in [-0.4, -0.2) is 24.8 Å². The van der Waals surface area contributed by atoms with E-state index in [1.165, 1.54) is 0 Å². The van der Waals surface area contributed by atoms with Crippen LogP contribution in [0.3, 0.4) is 0 Å². The molecule has 0 spiro atoms. The lowest BCUT2D eigenvalue weighted by Crippen LogP contribution is -2.22. The number of carbonyl (C=O) groups is 1. The molecule has 0 aliphatic heterocycles. The van der Waals surface area contributed by atoms with E-state index in [0.29, 0.717) is 12.2 Å². The van der Waals surface area contributed by atoms with Crippen LogP contribution in [0, 0.1) is 0 Å². The van der Waals surface area contributed by atoms with Crippen molar-refractivity contribution in [3.8, 4) is 0 Å². The summed E-state index contributed by atoms with van der Waals surface area (Å²) < 4.78 is 10.5. The van der Waals surface area contributed by atoms with Crippen LogP contribution >= 0.6 is 12.6 Å². The Morgan fingerprint density at radius 1 is 1.18 bits per heavy atom. The van der Waals surface area contributed by atoms with Gasteiger partial charge in [0.05, 0.1) is 17.8 Å². The number of hydrogen-bond donors (Lipinski definition) is 1. The molecule has 94 valence electrons. The number of carbonyl (C=O) groups excluding carboxylic acids is 1. The molecule has 0 aliphatic rings. The van der Waals surface area contributed by atoms with E-state index in [1.807, 2.05) is 20.8 Å². The number of rotatable bonds is 4. The van der Waals surface area contributed by atoms with E-state index >= 15 is 0 Å². The van der Waals surface area contributed by atoms with Gasteiger partial charge in [0.25, 0.3) is 0 Å². The molecule has 0 aliphatic carbocycles. The first-order valence-electron chi connectivity index (χ1n) is 5.48. The predicted octanol–water partition coefficient (Wildman–Crippen LogP) is 2.95. The van der Waals surface area contributed by atoms with Gasteiger partial charge >= 0.3 is 5.97 Å². The highest BCUT2D eigenvalue weighted by atomic mass is 32.1. The monoisotopic (exact) mass is 254 g/mol. The van der Waals surface area contributed by atoms with Crippen LogP contribution in [0.15, 0.2) is 29.2 Å². The van der Waals surface area contributed by atoms with Crippen molar-refractivity contribution >= 4 is 18.6 Å². The fraction of sp³-hybridized carbons (Fsp3) is 0.462. The third-order valence-electron chi connectivity index (χ3n) is 1.95. The first-order chi connectivity index (χ1) is 7.88. The standard InChI is InChI=1S/C13H18O3S/c1-13(2,3)16-9-8-15-12(14)10-4-6-11(17)7-5-10/h4-7,17H,8-9H2,1-3H3. The SMILES string of the molecule is CC(C)(C)OCCOC(=O)c1ccc(S)cc1. The number of thiol groups is 1. The molecule has 1 aromatic rings. The van der Waals surface area contributed by atoms with Crippen molar-refractivity contribution in [1.82, 2.24) is 0 Å². The Hall–Kier alpha value is -1.00. The lowest BCUT2D eigenvalue weighted by molar-refractivity contribution is -0.0281. The summed E-state index contributed by atoms with van der Waals surface area (Å²) in [5, 5.41) is 0. The van der Waals surface area contributed by atoms with Gasteiger partial charge in [0.15, 0.2) is 0 Å². The molecule has 0 amide bonds. The van der Waals surface area contributed by atoms with Crippen molar-refractivity contribution in [3.05, 3.63) is 29.8 Å². The second-order valence-electron chi connectivity index (χ2n) is 4.64. The lowest BCUT2D eigenvalue weighted by atomic mass is 10.2. The van der Waals surface area contributed by atoms with Gasteiger partial charge in [-0.1, -0.05) is 0 Å². The lowest BCUT2D eigenvalue weighted by Gasteiger charge is -2.19. The molecule has 0 fully saturated rings. The highest BCUT2D eigenvalue weighted by Crippen LogP contribution is 2.09. The van der Waals surface area contributed by atoms with Crippen LogP contribution < -0.4 is 0 Å². The van der Waals surface area contributed by atoms with E-state index in [-0.39, 0.29) is 18.2 Å². The first kappa shape index (κ1) is 14.1. The molecule has 0 saturated heterocycles. The van der Waals surface area contributed by atoms with Crippen LogP contribution in [0.1, 0.15) is 31.1 Å². The molecule has 0 bridgehead atoms. The molecular weight excluding hydrogens is 236 g/mol. The van der Waals surface area contributed by atoms with Gasteiger partial charge in [-0.3, -0.25) is 0 Å². The van der Waals surface area contributed by atoms with Gasteiger partial charge in [-0.15, -0.1) is 12.6 Å². The summed E-state index contributed by atoms with van der Waals surface area (Å²) in [5.41, 5.74) is 0.318. The zero-order valence-corrected chi connectivity index (χ0v) is 11.3. The molecule has 0 saturated carbocycles. The van der Waals surface area contributed by atoms with Gasteiger partial charge < -0.3 is 9.47 Å². The maximum Gasteiger partial charge on any atom is 0.338 e. The molecule has 0 heterocycles. The van der Waals surface area contributed by atoms with Crippen molar-refractivity contribution in [2.24, 2.45) is 0 Å². The average molecular weight is 254 g/mol.